The fourth-order valence-corrected chi connectivity index (χ4v) is 3.27. The summed E-state index contributed by atoms with van der Waals surface area (Å²) in [5, 5.41) is 4.21. The van der Waals surface area contributed by atoms with E-state index in [9.17, 15) is 9.59 Å². The van der Waals surface area contributed by atoms with Crippen molar-refractivity contribution >= 4 is 46.3 Å². The molecule has 0 aliphatic heterocycles. The minimum atomic E-state index is -0.695. The molecule has 36 heavy (non-hydrogen) atoms. The van der Waals surface area contributed by atoms with Gasteiger partial charge in [0, 0.05) is 25.0 Å². The number of methoxy groups -OCH3 is 1. The first-order valence-corrected chi connectivity index (χ1v) is 11.2. The number of anilines is 2. The number of carbonyl (C=O) groups excluding carboxylic acids is 2. The molecule has 13 heteroatoms. The predicted octanol–water partition coefficient (Wildman–Crippen LogP) is 3.56. The number of nitrogens with zero attached hydrogens (tertiary/aromatic N) is 6. The van der Waals surface area contributed by atoms with E-state index >= 15 is 0 Å². The lowest BCUT2D eigenvalue weighted by molar-refractivity contribution is 0.0589. The summed E-state index contributed by atoms with van der Waals surface area (Å²) < 4.78 is 17.3. The number of nitrogens with two attached hydrogens (primary N) is 1. The van der Waals surface area contributed by atoms with Crippen molar-refractivity contribution in [1.82, 2.24) is 19.6 Å². The van der Waals surface area contributed by atoms with Crippen molar-refractivity contribution in [2.45, 2.75) is 39.9 Å². The number of imidazole rings is 1. The maximum Gasteiger partial charge on any atom is 0.414 e. The van der Waals surface area contributed by atoms with Gasteiger partial charge in [-0.3, -0.25) is 9.69 Å². The first-order valence-electron chi connectivity index (χ1n) is 10.8. The maximum absolute atomic E-state index is 12.9. The quantitative estimate of drug-likeness (QED) is 0.464. The molecule has 0 aliphatic rings. The van der Waals surface area contributed by atoms with Crippen molar-refractivity contribution in [3.63, 3.8) is 0 Å². The van der Waals surface area contributed by atoms with Crippen LogP contribution < -0.4 is 15.4 Å². The summed E-state index contributed by atoms with van der Waals surface area (Å²) in [5.74, 6) is -0.260. The van der Waals surface area contributed by atoms with Crippen molar-refractivity contribution in [2.75, 3.05) is 31.4 Å². The lowest BCUT2D eigenvalue weighted by Gasteiger charge is -2.24. The van der Waals surface area contributed by atoms with Crippen molar-refractivity contribution < 1.29 is 23.8 Å². The van der Waals surface area contributed by atoms with Crippen molar-refractivity contribution in [3.8, 4) is 5.88 Å². The Bertz CT molecular complexity index is 1320. The van der Waals surface area contributed by atoms with Crippen LogP contribution in [-0.2, 0) is 16.1 Å². The lowest BCUT2D eigenvalue weighted by Crippen LogP contribution is -2.34. The molecule has 2 N–H and O–H groups in total. The highest BCUT2D eigenvalue weighted by Crippen LogP contribution is 2.25. The van der Waals surface area contributed by atoms with Crippen molar-refractivity contribution in [3.05, 3.63) is 40.9 Å². The number of pyridine rings is 1. The number of carbonyl (C=O) groups is 2. The second-order valence-corrected chi connectivity index (χ2v) is 9.24. The van der Waals surface area contributed by atoms with E-state index in [2.05, 4.69) is 20.1 Å². The molecule has 3 rings (SSSR count). The molecular weight excluding hydrogens is 490 g/mol. The van der Waals surface area contributed by atoms with Crippen molar-refractivity contribution in [2.24, 2.45) is 4.99 Å². The van der Waals surface area contributed by atoms with Crippen LogP contribution in [0.1, 0.15) is 43.7 Å². The molecule has 3 aromatic rings. The zero-order valence-electron chi connectivity index (χ0n) is 20.9. The molecule has 0 bridgehead atoms. The van der Waals surface area contributed by atoms with E-state index in [1.807, 2.05) is 0 Å². The largest absolute Gasteiger partial charge is 0.480 e. The summed E-state index contributed by atoms with van der Waals surface area (Å²) in [4.78, 5) is 39.1. The maximum atomic E-state index is 12.9. The molecule has 0 saturated carbocycles. The van der Waals surface area contributed by atoms with Crippen LogP contribution in [-0.4, -0.2) is 63.7 Å². The minimum absolute atomic E-state index is 0.0522. The Balaban J connectivity index is 1.74. The fourth-order valence-electron chi connectivity index (χ4n) is 3.09. The van der Waals surface area contributed by atoms with Gasteiger partial charge in [-0.15, -0.1) is 0 Å². The summed E-state index contributed by atoms with van der Waals surface area (Å²) >= 11 is 6.17. The summed E-state index contributed by atoms with van der Waals surface area (Å²) in [7, 11) is 3.00. The van der Waals surface area contributed by atoms with Crippen LogP contribution in [0.2, 0.25) is 5.15 Å². The molecule has 0 aromatic carbocycles. The van der Waals surface area contributed by atoms with Crippen LogP contribution in [0.15, 0.2) is 29.5 Å². The number of hydrogen-bond acceptors (Lipinski definition) is 9. The molecule has 0 atom stereocenters. The Morgan fingerprint density at radius 3 is 2.58 bits per heavy atom. The van der Waals surface area contributed by atoms with Gasteiger partial charge in [0.25, 0.3) is 5.91 Å². The van der Waals surface area contributed by atoms with E-state index < -0.39 is 17.6 Å². The third-order valence-corrected chi connectivity index (χ3v) is 4.85. The molecule has 3 aromatic heterocycles. The topological polar surface area (TPSA) is 147 Å². The normalized spacial score (nSPS) is 12.0. The molecule has 0 radical (unpaired) electrons. The molecule has 0 saturated heterocycles. The van der Waals surface area contributed by atoms with Gasteiger partial charge >= 0.3 is 6.09 Å². The zero-order valence-corrected chi connectivity index (χ0v) is 21.7. The van der Waals surface area contributed by atoms with Crippen molar-refractivity contribution in [1.29, 1.82) is 0 Å². The number of hydrogen-bond donors (Lipinski definition) is 1. The number of rotatable bonds is 7. The molecule has 3 heterocycles. The van der Waals surface area contributed by atoms with E-state index in [0.29, 0.717) is 23.0 Å². The fraction of sp³-hybridized carbons (Fsp3) is 0.391. The Labute approximate surface area is 213 Å². The molecule has 192 valence electrons. The first kappa shape index (κ1) is 26.8. The van der Waals surface area contributed by atoms with Gasteiger partial charge in [-0.1, -0.05) is 11.6 Å². The average molecular weight is 518 g/mol. The average Bonchev–Trinajstić information content (AvgIpc) is 3.20. The van der Waals surface area contributed by atoms with E-state index in [0.717, 1.165) is 5.56 Å². The van der Waals surface area contributed by atoms with Crippen LogP contribution in [0, 0.1) is 0 Å². The monoisotopic (exact) mass is 517 g/mol. The molecular formula is C23H28ClN7O5. The van der Waals surface area contributed by atoms with Crippen LogP contribution in [0.4, 0.5) is 16.2 Å². The second kappa shape index (κ2) is 10.9. The number of aromatic nitrogens is 4. The first-order chi connectivity index (χ1) is 16.9. The molecule has 12 nitrogen and oxygen atoms in total. The molecule has 0 fully saturated rings. The molecule has 0 aliphatic carbocycles. The highest BCUT2D eigenvalue weighted by atomic mass is 35.5. The minimum Gasteiger partial charge on any atom is -0.480 e. The zero-order chi connectivity index (χ0) is 26.6. The van der Waals surface area contributed by atoms with Gasteiger partial charge in [0.1, 0.15) is 5.60 Å². The Kier molecular flexibility index (Phi) is 8.10. The lowest BCUT2D eigenvalue weighted by atomic mass is 10.2. The van der Waals surface area contributed by atoms with Crippen LogP contribution >= 0.6 is 11.6 Å². The third-order valence-electron chi connectivity index (χ3n) is 4.67. The van der Waals surface area contributed by atoms with Gasteiger partial charge in [-0.05, 0) is 39.3 Å². The molecule has 0 spiro atoms. The third kappa shape index (κ3) is 6.46. The summed E-state index contributed by atoms with van der Waals surface area (Å²) in [6, 6.07) is 3.16. The van der Waals surface area contributed by atoms with Gasteiger partial charge < -0.3 is 19.9 Å². The second-order valence-electron chi connectivity index (χ2n) is 8.86. The number of halogens is 1. The Hall–Kier alpha value is -3.77. The molecule has 0 unspecified atom stereocenters. The standard InChI is InChI=1S/C23H28ClN7O5/c1-13(11-35-12-14-7-15(25)21(34-6)27-9-14)28-20(32)17-10-26-19-16(8-18(24)29-31(17)19)30(5)22(33)36-23(2,3)4/h7-10H,11-12,25H2,1-6H3. The number of ether oxygens (including phenoxy) is 3. The van der Waals surface area contributed by atoms with Crippen LogP contribution in [0.25, 0.3) is 5.65 Å². The van der Waals surface area contributed by atoms with E-state index in [1.54, 1.807) is 40.0 Å². The van der Waals surface area contributed by atoms with E-state index in [4.69, 9.17) is 31.5 Å². The SMILES string of the molecule is COc1ncc(COCC(C)=NC(=O)c2cnc3c(N(C)C(=O)OC(C)(C)C)cc(Cl)nn23)cc1N. The summed E-state index contributed by atoms with van der Waals surface area (Å²) in [5.41, 5.74) is 7.35. The van der Waals surface area contributed by atoms with Gasteiger partial charge in [0.05, 0.1) is 37.9 Å². The highest BCUT2D eigenvalue weighted by Gasteiger charge is 2.25. The summed E-state index contributed by atoms with van der Waals surface area (Å²) in [6.07, 6.45) is 2.30. The van der Waals surface area contributed by atoms with E-state index in [-0.39, 0.29) is 29.7 Å². The van der Waals surface area contributed by atoms with Crippen LogP contribution in [0.3, 0.4) is 0 Å². The predicted molar refractivity (Wildman–Crippen MR) is 135 cm³/mol. The number of nitrogen functional groups attached to an aromatic ring is 1. The van der Waals surface area contributed by atoms with Gasteiger partial charge in [0.15, 0.2) is 16.5 Å². The Morgan fingerprint density at radius 2 is 1.94 bits per heavy atom. The number of fused-ring (bicyclic) bond motifs is 1. The Morgan fingerprint density at radius 1 is 1.22 bits per heavy atom. The van der Waals surface area contributed by atoms with Gasteiger partial charge in [-0.2, -0.15) is 5.10 Å². The van der Waals surface area contributed by atoms with Crippen LogP contribution in [0.5, 0.6) is 5.88 Å². The smallest absolute Gasteiger partial charge is 0.414 e. The van der Waals surface area contributed by atoms with Gasteiger partial charge in [-0.25, -0.2) is 24.3 Å². The number of amides is 2. The van der Waals surface area contributed by atoms with Gasteiger partial charge in [0.2, 0.25) is 5.88 Å². The highest BCUT2D eigenvalue weighted by molar-refractivity contribution is 6.29. The molecule has 2 amide bonds. The van der Waals surface area contributed by atoms with E-state index in [1.165, 1.54) is 35.8 Å². The summed E-state index contributed by atoms with van der Waals surface area (Å²) in [6.45, 7) is 7.24. The number of aliphatic imine (C=N–C) groups is 1.